The molecule has 1 amide bonds. The zero-order valence-corrected chi connectivity index (χ0v) is 20.9. The molecule has 182 valence electrons. The van der Waals surface area contributed by atoms with E-state index in [1.807, 2.05) is 19.9 Å². The molecule has 3 aliphatic rings. The van der Waals surface area contributed by atoms with E-state index in [2.05, 4.69) is 64.9 Å². The van der Waals surface area contributed by atoms with Crippen molar-refractivity contribution in [1.82, 2.24) is 15.5 Å². The van der Waals surface area contributed by atoms with Gasteiger partial charge in [-0.3, -0.25) is 9.89 Å². The van der Waals surface area contributed by atoms with Crippen molar-refractivity contribution >= 4 is 5.91 Å². The number of amides is 1. The van der Waals surface area contributed by atoms with Crippen LogP contribution in [0, 0.1) is 11.8 Å². The molecule has 2 N–H and O–H groups in total. The molecule has 0 saturated heterocycles. The first kappa shape index (κ1) is 22.4. The number of hydrogen-bond acceptors (Lipinski definition) is 3. The number of aryl methyl sites for hydroxylation is 1. The second-order valence-corrected chi connectivity index (χ2v) is 11.3. The summed E-state index contributed by atoms with van der Waals surface area (Å²) in [6.45, 7) is 6.99. The first-order valence-corrected chi connectivity index (χ1v) is 13.1. The smallest absolute Gasteiger partial charge is 0.272 e. The van der Waals surface area contributed by atoms with Crippen molar-refractivity contribution in [3.63, 3.8) is 0 Å². The summed E-state index contributed by atoms with van der Waals surface area (Å²) in [5, 5.41) is 10.8. The number of ether oxygens (including phenoxy) is 1. The zero-order chi connectivity index (χ0) is 24.2. The van der Waals surface area contributed by atoms with Crippen LogP contribution >= 0.6 is 0 Å². The number of aromatic amines is 1. The van der Waals surface area contributed by atoms with Crippen molar-refractivity contribution in [3.8, 4) is 5.75 Å². The normalized spacial score (nSPS) is 26.5. The van der Waals surface area contributed by atoms with Crippen LogP contribution in [-0.2, 0) is 24.9 Å². The molecular formula is C30H35N3O2. The maximum absolute atomic E-state index is 12.8. The van der Waals surface area contributed by atoms with E-state index in [1.54, 1.807) is 0 Å². The van der Waals surface area contributed by atoms with Gasteiger partial charge >= 0.3 is 0 Å². The number of fused-ring (bicyclic) bond motifs is 7. The van der Waals surface area contributed by atoms with Gasteiger partial charge in [-0.05, 0) is 92.5 Å². The Morgan fingerprint density at radius 1 is 1.20 bits per heavy atom. The summed E-state index contributed by atoms with van der Waals surface area (Å²) in [7, 11) is 0. The number of benzene rings is 2. The minimum Gasteiger partial charge on any atom is -0.489 e. The van der Waals surface area contributed by atoms with Crippen LogP contribution in [0.25, 0.3) is 0 Å². The molecule has 2 aromatic carbocycles. The lowest BCUT2D eigenvalue weighted by Crippen LogP contribution is -2.43. The van der Waals surface area contributed by atoms with E-state index >= 15 is 0 Å². The fraction of sp³-hybridized carbons (Fsp3) is 0.467. The molecule has 6 rings (SSSR count). The molecule has 5 nitrogen and oxygen atoms in total. The van der Waals surface area contributed by atoms with Gasteiger partial charge in [-0.1, -0.05) is 43.3 Å². The third-order valence-corrected chi connectivity index (χ3v) is 8.83. The topological polar surface area (TPSA) is 67.0 Å². The molecule has 0 unspecified atom stereocenters. The molecule has 3 aliphatic carbocycles. The minimum absolute atomic E-state index is 0.0479. The SMILES string of the molecule is CC(C)NC(=O)c1n[nH]c2c1C[C@H]1[C@@H]3CCc4cc(OCc5ccccc5)ccc4[C@H]3CC[C@]21C. The fourth-order valence-electron chi connectivity index (χ4n) is 7.17. The second-order valence-electron chi connectivity index (χ2n) is 11.3. The Morgan fingerprint density at radius 2 is 2.03 bits per heavy atom. The Labute approximate surface area is 207 Å². The summed E-state index contributed by atoms with van der Waals surface area (Å²) < 4.78 is 6.13. The minimum atomic E-state index is -0.0479. The number of carbonyl (C=O) groups excluding carboxylic acids is 1. The van der Waals surface area contributed by atoms with Crippen LogP contribution in [0.4, 0.5) is 0 Å². The maximum Gasteiger partial charge on any atom is 0.272 e. The Hall–Kier alpha value is -3.08. The van der Waals surface area contributed by atoms with Gasteiger partial charge in [-0.25, -0.2) is 0 Å². The number of rotatable bonds is 5. The molecule has 0 spiro atoms. The molecular weight excluding hydrogens is 434 g/mol. The van der Waals surface area contributed by atoms with E-state index in [9.17, 15) is 4.79 Å². The highest BCUT2D eigenvalue weighted by molar-refractivity contribution is 5.94. The monoisotopic (exact) mass is 469 g/mol. The highest BCUT2D eigenvalue weighted by Gasteiger charge is 2.54. The summed E-state index contributed by atoms with van der Waals surface area (Å²) in [6, 6.07) is 17.2. The maximum atomic E-state index is 12.8. The lowest BCUT2D eigenvalue weighted by molar-refractivity contribution is 0.0930. The number of nitrogens with one attached hydrogen (secondary N) is 2. The van der Waals surface area contributed by atoms with Gasteiger partial charge in [0.2, 0.25) is 0 Å². The number of H-pyrrole nitrogens is 1. The van der Waals surface area contributed by atoms with E-state index in [4.69, 9.17) is 4.74 Å². The molecule has 1 saturated carbocycles. The number of nitrogens with zero attached hydrogens (tertiary/aromatic N) is 1. The second kappa shape index (κ2) is 8.54. The molecule has 5 heteroatoms. The number of hydrogen-bond donors (Lipinski definition) is 2. The van der Waals surface area contributed by atoms with Crippen LogP contribution in [0.2, 0.25) is 0 Å². The van der Waals surface area contributed by atoms with Gasteiger partial charge in [0.1, 0.15) is 12.4 Å². The van der Waals surface area contributed by atoms with Crippen molar-refractivity contribution in [3.05, 3.63) is 82.2 Å². The van der Waals surface area contributed by atoms with Crippen molar-refractivity contribution < 1.29 is 9.53 Å². The average molecular weight is 470 g/mol. The Bertz CT molecular complexity index is 1250. The van der Waals surface area contributed by atoms with Gasteiger partial charge in [0.25, 0.3) is 5.91 Å². The molecule has 1 fully saturated rings. The average Bonchev–Trinajstić information content (AvgIpc) is 3.41. The first-order chi connectivity index (χ1) is 16.9. The van der Waals surface area contributed by atoms with Crippen LogP contribution in [-0.4, -0.2) is 22.1 Å². The largest absolute Gasteiger partial charge is 0.489 e. The van der Waals surface area contributed by atoms with E-state index in [0.717, 1.165) is 30.6 Å². The first-order valence-electron chi connectivity index (χ1n) is 13.1. The van der Waals surface area contributed by atoms with E-state index in [-0.39, 0.29) is 17.4 Å². The van der Waals surface area contributed by atoms with Gasteiger partial charge in [0.05, 0.1) is 0 Å². The molecule has 3 aromatic rings. The molecule has 1 aromatic heterocycles. The van der Waals surface area contributed by atoms with E-state index < -0.39 is 0 Å². The van der Waals surface area contributed by atoms with Crippen molar-refractivity contribution in [1.29, 1.82) is 0 Å². The van der Waals surface area contributed by atoms with E-state index in [0.29, 0.717) is 30.1 Å². The molecule has 35 heavy (non-hydrogen) atoms. The molecule has 0 aliphatic heterocycles. The van der Waals surface area contributed by atoms with E-state index in [1.165, 1.54) is 35.2 Å². The van der Waals surface area contributed by atoms with Crippen LogP contribution in [0.5, 0.6) is 5.75 Å². The summed E-state index contributed by atoms with van der Waals surface area (Å²) in [5.74, 6) is 2.70. The summed E-state index contributed by atoms with van der Waals surface area (Å²) >= 11 is 0. The third-order valence-electron chi connectivity index (χ3n) is 8.83. The van der Waals surface area contributed by atoms with Gasteiger partial charge in [0, 0.05) is 22.7 Å². The zero-order valence-electron chi connectivity index (χ0n) is 20.9. The summed E-state index contributed by atoms with van der Waals surface area (Å²) in [6.07, 6.45) is 5.56. The number of carbonyl (C=O) groups is 1. The van der Waals surface area contributed by atoms with Crippen molar-refractivity contribution in [2.45, 2.75) is 76.9 Å². The lowest BCUT2D eigenvalue weighted by Gasteiger charge is -2.49. The number of aromatic nitrogens is 2. The van der Waals surface area contributed by atoms with Gasteiger partial charge in [0.15, 0.2) is 5.69 Å². The predicted molar refractivity (Wildman–Crippen MR) is 137 cm³/mol. The van der Waals surface area contributed by atoms with Crippen molar-refractivity contribution in [2.24, 2.45) is 11.8 Å². The lowest BCUT2D eigenvalue weighted by atomic mass is 9.55. The predicted octanol–water partition coefficient (Wildman–Crippen LogP) is 5.70. The molecule has 0 bridgehead atoms. The van der Waals surface area contributed by atoms with Crippen molar-refractivity contribution in [2.75, 3.05) is 0 Å². The third kappa shape index (κ3) is 3.76. The quantitative estimate of drug-likeness (QED) is 0.504. The molecule has 4 atom stereocenters. The van der Waals surface area contributed by atoms with Gasteiger partial charge < -0.3 is 10.1 Å². The summed E-state index contributed by atoms with van der Waals surface area (Å²) in [5.41, 5.74) is 7.22. The van der Waals surface area contributed by atoms with Crippen LogP contribution in [0.1, 0.15) is 84.4 Å². The van der Waals surface area contributed by atoms with Crippen LogP contribution in [0.15, 0.2) is 48.5 Å². The van der Waals surface area contributed by atoms with Gasteiger partial charge in [-0.15, -0.1) is 0 Å². The Kier molecular flexibility index (Phi) is 5.46. The standard InChI is InChI=1S/C30H35N3O2/c1-18(2)31-29(34)27-25-16-26-24-11-9-20-15-21(35-17-19-7-5-4-6-8-19)10-12-22(20)23(24)13-14-30(26,3)28(25)33-32-27/h4-8,10,12,15,18,23-24,26H,9,11,13-14,16-17H2,1-3H3,(H,31,34)(H,32,33)/t23-,24-,26+,30+/m1/s1. The summed E-state index contributed by atoms with van der Waals surface area (Å²) in [4.78, 5) is 12.8. The molecule has 0 radical (unpaired) electrons. The fourth-order valence-corrected chi connectivity index (χ4v) is 7.17. The Balaban J connectivity index is 1.22. The highest BCUT2D eigenvalue weighted by Crippen LogP contribution is 2.60. The highest BCUT2D eigenvalue weighted by atomic mass is 16.5. The van der Waals surface area contributed by atoms with Gasteiger partial charge in [-0.2, -0.15) is 5.10 Å². The van der Waals surface area contributed by atoms with Crippen LogP contribution in [0.3, 0.4) is 0 Å². The Morgan fingerprint density at radius 3 is 2.83 bits per heavy atom. The van der Waals surface area contributed by atoms with Crippen LogP contribution < -0.4 is 10.1 Å². The molecule has 1 heterocycles.